The molecule has 1 aromatic rings. The molecule has 72 valence electrons. The lowest BCUT2D eigenvalue weighted by Gasteiger charge is -2.19. The predicted octanol–water partition coefficient (Wildman–Crippen LogP) is 3.52. The summed E-state index contributed by atoms with van der Waals surface area (Å²) in [5.41, 5.74) is 1.29. The maximum atomic E-state index is 2.19. The van der Waals surface area contributed by atoms with Gasteiger partial charge < -0.3 is 4.90 Å². The molecular weight excluding hydrogens is 190 g/mol. The van der Waals surface area contributed by atoms with E-state index in [1.807, 2.05) is 6.07 Å². The highest BCUT2D eigenvalue weighted by Gasteiger charge is 2.05. The number of hydrogen-bond donors (Lipinski definition) is 0. The molecule has 1 heterocycles. The number of hydrogen-bond acceptors (Lipinski definition) is 2. The quantitative estimate of drug-likeness (QED) is 0.723. The van der Waals surface area contributed by atoms with Crippen molar-refractivity contribution < 1.29 is 0 Å². The molecule has 0 spiro atoms. The van der Waals surface area contributed by atoms with Crippen molar-refractivity contribution in [2.45, 2.75) is 6.92 Å². The van der Waals surface area contributed by atoms with Crippen LogP contribution in [-0.2, 0) is 0 Å². The van der Waals surface area contributed by atoms with Crippen molar-refractivity contribution in [2.75, 3.05) is 6.54 Å². The van der Waals surface area contributed by atoms with Gasteiger partial charge in [-0.2, -0.15) is 0 Å². The minimum Gasteiger partial charge on any atom is -0.353 e. The Morgan fingerprint density at radius 2 is 2.00 bits per heavy atom. The molecule has 0 aliphatic carbocycles. The third-order valence-electron chi connectivity index (χ3n) is 2.15. The zero-order valence-corrected chi connectivity index (χ0v) is 9.00. The topological polar surface area (TPSA) is 3.24 Å². The summed E-state index contributed by atoms with van der Waals surface area (Å²) < 4.78 is 0. The van der Waals surface area contributed by atoms with E-state index in [-0.39, 0.29) is 0 Å². The Morgan fingerprint density at radius 3 is 2.71 bits per heavy atom. The SMILES string of the molecule is CCN1C=CSC(c2ccccc2)=C1. The Kier molecular flexibility index (Phi) is 2.94. The lowest BCUT2D eigenvalue weighted by Crippen LogP contribution is -2.10. The van der Waals surface area contributed by atoms with Gasteiger partial charge >= 0.3 is 0 Å². The van der Waals surface area contributed by atoms with Gasteiger partial charge in [0.05, 0.1) is 0 Å². The van der Waals surface area contributed by atoms with Crippen LogP contribution in [0.1, 0.15) is 12.5 Å². The van der Waals surface area contributed by atoms with Crippen LogP contribution < -0.4 is 0 Å². The van der Waals surface area contributed by atoms with Crippen molar-refractivity contribution in [1.82, 2.24) is 4.90 Å². The van der Waals surface area contributed by atoms with Gasteiger partial charge in [0.1, 0.15) is 0 Å². The van der Waals surface area contributed by atoms with Gasteiger partial charge in [-0.1, -0.05) is 42.1 Å². The third-order valence-corrected chi connectivity index (χ3v) is 3.01. The second kappa shape index (κ2) is 4.38. The highest BCUT2D eigenvalue weighted by Crippen LogP contribution is 2.31. The predicted molar refractivity (Wildman–Crippen MR) is 63.5 cm³/mol. The highest BCUT2D eigenvalue weighted by molar-refractivity contribution is 8.10. The van der Waals surface area contributed by atoms with Gasteiger partial charge in [0.2, 0.25) is 0 Å². The monoisotopic (exact) mass is 203 g/mol. The van der Waals surface area contributed by atoms with Gasteiger partial charge in [-0.15, -0.1) is 0 Å². The van der Waals surface area contributed by atoms with Crippen LogP contribution in [0.2, 0.25) is 0 Å². The summed E-state index contributed by atoms with van der Waals surface area (Å²) >= 11 is 1.77. The van der Waals surface area contributed by atoms with Crippen molar-refractivity contribution in [3.05, 3.63) is 53.7 Å². The molecule has 0 radical (unpaired) electrons. The van der Waals surface area contributed by atoms with Crippen molar-refractivity contribution in [3.8, 4) is 0 Å². The molecule has 1 aliphatic rings. The van der Waals surface area contributed by atoms with Crippen molar-refractivity contribution >= 4 is 16.7 Å². The van der Waals surface area contributed by atoms with Crippen LogP contribution >= 0.6 is 11.8 Å². The molecule has 1 aromatic carbocycles. The zero-order valence-electron chi connectivity index (χ0n) is 8.18. The van der Waals surface area contributed by atoms with Crippen LogP contribution in [0.5, 0.6) is 0 Å². The van der Waals surface area contributed by atoms with Crippen LogP contribution in [0.25, 0.3) is 4.91 Å². The smallest absolute Gasteiger partial charge is 0.0351 e. The second-order valence-corrected chi connectivity index (χ2v) is 4.04. The largest absolute Gasteiger partial charge is 0.353 e. The van der Waals surface area contributed by atoms with Gasteiger partial charge in [-0.25, -0.2) is 0 Å². The van der Waals surface area contributed by atoms with E-state index in [0.29, 0.717) is 0 Å². The average Bonchev–Trinajstić information content (AvgIpc) is 2.30. The Balaban J connectivity index is 2.24. The molecule has 1 nitrogen and oxygen atoms in total. The summed E-state index contributed by atoms with van der Waals surface area (Å²) in [5.74, 6) is 0. The summed E-state index contributed by atoms with van der Waals surface area (Å²) in [4.78, 5) is 3.51. The van der Waals surface area contributed by atoms with E-state index >= 15 is 0 Å². The molecule has 0 aromatic heterocycles. The second-order valence-electron chi connectivity index (χ2n) is 3.09. The van der Waals surface area contributed by atoms with Crippen LogP contribution in [-0.4, -0.2) is 11.4 Å². The maximum Gasteiger partial charge on any atom is 0.0351 e. The number of nitrogens with zero attached hydrogens (tertiary/aromatic N) is 1. The molecule has 0 saturated carbocycles. The number of rotatable bonds is 2. The molecule has 14 heavy (non-hydrogen) atoms. The fourth-order valence-corrected chi connectivity index (χ4v) is 2.18. The highest BCUT2D eigenvalue weighted by atomic mass is 32.2. The van der Waals surface area contributed by atoms with Gasteiger partial charge in [-0.3, -0.25) is 0 Å². The van der Waals surface area contributed by atoms with Crippen LogP contribution in [0, 0.1) is 0 Å². The van der Waals surface area contributed by atoms with E-state index in [1.54, 1.807) is 11.8 Å². The van der Waals surface area contributed by atoms with Crippen LogP contribution in [0.3, 0.4) is 0 Å². The van der Waals surface area contributed by atoms with E-state index in [4.69, 9.17) is 0 Å². The van der Waals surface area contributed by atoms with Crippen LogP contribution in [0.4, 0.5) is 0 Å². The van der Waals surface area contributed by atoms with Crippen molar-refractivity contribution in [2.24, 2.45) is 0 Å². The molecular formula is C12H13NS. The van der Waals surface area contributed by atoms with E-state index in [2.05, 4.69) is 53.9 Å². The average molecular weight is 203 g/mol. The first-order valence-corrected chi connectivity index (χ1v) is 5.64. The molecule has 2 rings (SSSR count). The Morgan fingerprint density at radius 1 is 1.21 bits per heavy atom. The molecule has 0 unspecified atom stereocenters. The Bertz CT molecular complexity index is 354. The maximum absolute atomic E-state index is 2.19. The van der Waals surface area contributed by atoms with E-state index in [1.165, 1.54) is 10.5 Å². The first-order chi connectivity index (χ1) is 6.90. The molecule has 2 heteroatoms. The molecule has 1 aliphatic heterocycles. The summed E-state index contributed by atoms with van der Waals surface area (Å²) in [6.07, 6.45) is 4.30. The first-order valence-electron chi connectivity index (χ1n) is 4.76. The lowest BCUT2D eigenvalue weighted by atomic mass is 10.2. The summed E-state index contributed by atoms with van der Waals surface area (Å²) in [6, 6.07) is 10.5. The molecule has 0 bridgehead atoms. The minimum absolute atomic E-state index is 1.02. The van der Waals surface area contributed by atoms with Gasteiger partial charge in [0.15, 0.2) is 0 Å². The molecule has 0 amide bonds. The summed E-state index contributed by atoms with van der Waals surface area (Å²) in [7, 11) is 0. The normalized spacial score (nSPS) is 15.5. The molecule has 0 atom stereocenters. The van der Waals surface area contributed by atoms with Gasteiger partial charge in [0, 0.05) is 23.8 Å². The van der Waals surface area contributed by atoms with Crippen LogP contribution in [0.15, 0.2) is 48.1 Å². The fraction of sp³-hybridized carbons (Fsp3) is 0.167. The van der Waals surface area contributed by atoms with E-state index < -0.39 is 0 Å². The van der Waals surface area contributed by atoms with Gasteiger partial charge in [-0.05, 0) is 17.9 Å². The standard InChI is InChI=1S/C12H13NS/c1-2-13-8-9-14-12(10-13)11-6-4-3-5-7-11/h3-10H,2H2,1H3. The Labute approximate surface area is 89.1 Å². The number of thioether (sulfide) groups is 1. The fourth-order valence-electron chi connectivity index (χ4n) is 1.35. The third kappa shape index (κ3) is 2.02. The van der Waals surface area contributed by atoms with Gasteiger partial charge in [0.25, 0.3) is 0 Å². The van der Waals surface area contributed by atoms with E-state index in [9.17, 15) is 0 Å². The summed E-state index contributed by atoms with van der Waals surface area (Å²) in [5, 5.41) is 2.13. The lowest BCUT2D eigenvalue weighted by molar-refractivity contribution is 0.539. The zero-order chi connectivity index (χ0) is 9.80. The minimum atomic E-state index is 1.02. The van der Waals surface area contributed by atoms with Crippen molar-refractivity contribution in [3.63, 3.8) is 0 Å². The first kappa shape index (κ1) is 9.41. The van der Waals surface area contributed by atoms with E-state index in [0.717, 1.165) is 6.54 Å². The molecule has 0 N–H and O–H groups in total. The molecule has 0 fully saturated rings. The summed E-state index contributed by atoms with van der Waals surface area (Å²) in [6.45, 7) is 3.17. The molecule has 0 saturated heterocycles. The Hall–Kier alpha value is -1.15. The number of benzene rings is 1. The van der Waals surface area contributed by atoms with Crippen molar-refractivity contribution in [1.29, 1.82) is 0 Å².